The Kier molecular flexibility index (Phi) is 4.29. The summed E-state index contributed by atoms with van der Waals surface area (Å²) in [6, 6.07) is 11.3. The van der Waals surface area contributed by atoms with Crippen LogP contribution in [0.25, 0.3) is 10.8 Å². The molecular formula is C16H15N3O2S. The fourth-order valence-electron chi connectivity index (χ4n) is 1.94. The zero-order valence-electron chi connectivity index (χ0n) is 12.1. The molecule has 3 rings (SSSR count). The number of hydrogen-bond acceptors (Lipinski definition) is 5. The molecule has 5 nitrogen and oxygen atoms in total. The van der Waals surface area contributed by atoms with E-state index in [9.17, 15) is 4.79 Å². The Bertz CT molecular complexity index is 748. The van der Waals surface area contributed by atoms with Crippen LogP contribution in [-0.4, -0.2) is 22.6 Å². The summed E-state index contributed by atoms with van der Waals surface area (Å²) in [6.45, 7) is 2.45. The summed E-state index contributed by atoms with van der Waals surface area (Å²) in [5.74, 6) is 0.945. The standard InChI is InChI=1S/C16H15N3O2S/c1-11-4-6-12(7-5-11)15(20)17-9-8-14-18-19-16(21-14)13-3-2-10-22-13/h2-7,10H,8-9H2,1H3,(H,17,20). The van der Waals surface area contributed by atoms with Crippen molar-refractivity contribution in [1.82, 2.24) is 15.5 Å². The number of nitrogens with one attached hydrogen (secondary N) is 1. The topological polar surface area (TPSA) is 68.0 Å². The van der Waals surface area contributed by atoms with Gasteiger partial charge in [-0.3, -0.25) is 4.79 Å². The second-order valence-electron chi connectivity index (χ2n) is 4.85. The molecule has 1 amide bonds. The first-order valence-corrected chi connectivity index (χ1v) is 7.81. The monoisotopic (exact) mass is 313 g/mol. The Hall–Kier alpha value is -2.47. The van der Waals surface area contributed by atoms with Crippen molar-refractivity contribution in [2.45, 2.75) is 13.3 Å². The second kappa shape index (κ2) is 6.53. The normalized spacial score (nSPS) is 10.6. The number of aryl methyl sites for hydroxylation is 1. The largest absolute Gasteiger partial charge is 0.420 e. The molecule has 0 radical (unpaired) electrons. The maximum absolute atomic E-state index is 12.0. The van der Waals surface area contributed by atoms with Crippen LogP contribution in [0.1, 0.15) is 21.8 Å². The molecule has 0 fully saturated rings. The first-order valence-electron chi connectivity index (χ1n) is 6.93. The third-order valence-corrected chi connectivity index (χ3v) is 3.99. The number of hydrogen-bond donors (Lipinski definition) is 1. The maximum Gasteiger partial charge on any atom is 0.257 e. The van der Waals surface area contributed by atoms with E-state index in [1.807, 2.05) is 48.7 Å². The van der Waals surface area contributed by atoms with E-state index < -0.39 is 0 Å². The molecule has 0 saturated heterocycles. The van der Waals surface area contributed by atoms with E-state index in [1.165, 1.54) is 0 Å². The van der Waals surface area contributed by atoms with Crippen LogP contribution in [0.4, 0.5) is 0 Å². The van der Waals surface area contributed by atoms with Gasteiger partial charge in [-0.1, -0.05) is 23.8 Å². The summed E-state index contributed by atoms with van der Waals surface area (Å²) < 4.78 is 5.57. The molecule has 0 spiro atoms. The van der Waals surface area contributed by atoms with E-state index in [2.05, 4.69) is 15.5 Å². The summed E-state index contributed by atoms with van der Waals surface area (Å²) >= 11 is 1.55. The predicted octanol–water partition coefficient (Wildman–Crippen LogP) is 3.08. The van der Waals surface area contributed by atoms with Crippen LogP contribution in [-0.2, 0) is 6.42 Å². The van der Waals surface area contributed by atoms with Gasteiger partial charge >= 0.3 is 0 Å². The average molecular weight is 313 g/mol. The highest BCUT2D eigenvalue weighted by Gasteiger charge is 2.10. The number of carbonyl (C=O) groups is 1. The van der Waals surface area contributed by atoms with Crippen molar-refractivity contribution in [3.8, 4) is 10.8 Å². The number of thiophene rings is 1. The van der Waals surface area contributed by atoms with Crippen LogP contribution in [0.15, 0.2) is 46.2 Å². The lowest BCUT2D eigenvalue weighted by Gasteiger charge is -2.03. The number of aromatic nitrogens is 2. The van der Waals surface area contributed by atoms with Gasteiger partial charge < -0.3 is 9.73 Å². The lowest BCUT2D eigenvalue weighted by Crippen LogP contribution is -2.25. The van der Waals surface area contributed by atoms with Crippen molar-refractivity contribution in [3.05, 3.63) is 58.8 Å². The molecule has 2 aromatic heterocycles. The molecule has 22 heavy (non-hydrogen) atoms. The van der Waals surface area contributed by atoms with Gasteiger partial charge in [0, 0.05) is 18.5 Å². The van der Waals surface area contributed by atoms with Gasteiger partial charge in [0.15, 0.2) is 0 Å². The molecular weight excluding hydrogens is 298 g/mol. The lowest BCUT2D eigenvalue weighted by atomic mass is 10.1. The number of nitrogens with zero attached hydrogens (tertiary/aromatic N) is 2. The fourth-order valence-corrected chi connectivity index (χ4v) is 2.59. The van der Waals surface area contributed by atoms with Crippen molar-refractivity contribution in [3.63, 3.8) is 0 Å². The molecule has 1 N–H and O–H groups in total. The molecule has 0 unspecified atom stereocenters. The van der Waals surface area contributed by atoms with Gasteiger partial charge in [0.25, 0.3) is 11.8 Å². The highest BCUT2D eigenvalue weighted by molar-refractivity contribution is 7.13. The van der Waals surface area contributed by atoms with Crippen molar-refractivity contribution in [1.29, 1.82) is 0 Å². The second-order valence-corrected chi connectivity index (χ2v) is 5.80. The van der Waals surface area contributed by atoms with Gasteiger partial charge in [0.1, 0.15) is 0 Å². The number of amides is 1. The third kappa shape index (κ3) is 3.40. The zero-order chi connectivity index (χ0) is 15.4. The van der Waals surface area contributed by atoms with Gasteiger partial charge in [-0.25, -0.2) is 0 Å². The number of rotatable bonds is 5. The molecule has 112 valence electrons. The molecule has 1 aromatic carbocycles. The molecule has 0 aliphatic carbocycles. The van der Waals surface area contributed by atoms with Crippen LogP contribution in [0.2, 0.25) is 0 Å². The van der Waals surface area contributed by atoms with E-state index in [1.54, 1.807) is 11.3 Å². The molecule has 0 saturated carbocycles. The molecule has 0 atom stereocenters. The van der Waals surface area contributed by atoms with Crippen molar-refractivity contribution < 1.29 is 9.21 Å². The van der Waals surface area contributed by atoms with Crippen LogP contribution in [0.3, 0.4) is 0 Å². The van der Waals surface area contributed by atoms with Crippen LogP contribution in [0.5, 0.6) is 0 Å². The van der Waals surface area contributed by atoms with Crippen LogP contribution in [0, 0.1) is 6.92 Å². The van der Waals surface area contributed by atoms with Gasteiger partial charge in [0.05, 0.1) is 4.88 Å². The predicted molar refractivity (Wildman–Crippen MR) is 84.8 cm³/mol. The summed E-state index contributed by atoms with van der Waals surface area (Å²) in [5, 5.41) is 12.8. The Morgan fingerprint density at radius 2 is 2.05 bits per heavy atom. The average Bonchev–Trinajstić information content (AvgIpc) is 3.19. The number of carbonyl (C=O) groups excluding carboxylic acids is 1. The minimum Gasteiger partial charge on any atom is -0.420 e. The van der Waals surface area contributed by atoms with Gasteiger partial charge in [-0.15, -0.1) is 21.5 Å². The summed E-state index contributed by atoms with van der Waals surface area (Å²) in [4.78, 5) is 12.9. The Balaban J connectivity index is 1.53. The third-order valence-electron chi connectivity index (χ3n) is 3.14. The van der Waals surface area contributed by atoms with E-state index in [-0.39, 0.29) is 5.91 Å². The molecule has 0 aliphatic heterocycles. The molecule has 6 heteroatoms. The van der Waals surface area contributed by atoms with E-state index in [0.717, 1.165) is 10.4 Å². The zero-order valence-corrected chi connectivity index (χ0v) is 12.9. The molecule has 0 aliphatic rings. The van der Waals surface area contributed by atoms with Crippen molar-refractivity contribution in [2.24, 2.45) is 0 Å². The SMILES string of the molecule is Cc1ccc(C(=O)NCCc2nnc(-c3cccs3)o2)cc1. The quantitative estimate of drug-likeness (QED) is 0.786. The first-order chi connectivity index (χ1) is 10.7. The highest BCUT2D eigenvalue weighted by atomic mass is 32.1. The summed E-state index contributed by atoms with van der Waals surface area (Å²) in [5.41, 5.74) is 1.78. The smallest absolute Gasteiger partial charge is 0.257 e. The van der Waals surface area contributed by atoms with Gasteiger partial charge in [-0.05, 0) is 30.5 Å². The van der Waals surface area contributed by atoms with Crippen LogP contribution < -0.4 is 5.32 Å². The minimum absolute atomic E-state index is 0.0991. The molecule has 3 aromatic rings. The fraction of sp³-hybridized carbons (Fsp3) is 0.188. The summed E-state index contributed by atoms with van der Waals surface area (Å²) in [7, 11) is 0. The Morgan fingerprint density at radius 1 is 1.23 bits per heavy atom. The molecule has 2 heterocycles. The lowest BCUT2D eigenvalue weighted by molar-refractivity contribution is 0.0953. The Labute approximate surface area is 132 Å². The first kappa shape index (κ1) is 14.5. The van der Waals surface area contributed by atoms with Crippen LogP contribution >= 0.6 is 11.3 Å². The van der Waals surface area contributed by atoms with E-state index in [0.29, 0.717) is 30.3 Å². The van der Waals surface area contributed by atoms with Crippen molar-refractivity contribution in [2.75, 3.05) is 6.54 Å². The Morgan fingerprint density at radius 3 is 2.77 bits per heavy atom. The van der Waals surface area contributed by atoms with Crippen molar-refractivity contribution >= 4 is 17.2 Å². The van der Waals surface area contributed by atoms with E-state index >= 15 is 0 Å². The number of benzene rings is 1. The van der Waals surface area contributed by atoms with Gasteiger partial charge in [0.2, 0.25) is 5.89 Å². The minimum atomic E-state index is -0.0991. The summed E-state index contributed by atoms with van der Waals surface area (Å²) in [6.07, 6.45) is 0.510. The molecule has 0 bridgehead atoms. The van der Waals surface area contributed by atoms with Gasteiger partial charge in [-0.2, -0.15) is 0 Å². The van der Waals surface area contributed by atoms with E-state index in [4.69, 9.17) is 4.42 Å². The maximum atomic E-state index is 12.0. The highest BCUT2D eigenvalue weighted by Crippen LogP contribution is 2.22.